The summed E-state index contributed by atoms with van der Waals surface area (Å²) in [5, 5.41) is 15.8. The van der Waals surface area contributed by atoms with Crippen molar-refractivity contribution < 1.29 is 4.79 Å². The van der Waals surface area contributed by atoms with Crippen molar-refractivity contribution in [1.82, 2.24) is 20.2 Å². The van der Waals surface area contributed by atoms with E-state index in [0.29, 0.717) is 22.4 Å². The van der Waals surface area contributed by atoms with Gasteiger partial charge in [-0.15, -0.1) is 5.10 Å². The number of hydrogen-bond donors (Lipinski definition) is 1. The van der Waals surface area contributed by atoms with E-state index in [0.717, 1.165) is 11.1 Å². The molecule has 3 aromatic rings. The molecule has 0 saturated carbocycles. The average Bonchev–Trinajstić information content (AvgIpc) is 3.05. The molecule has 0 unspecified atom stereocenters. The van der Waals surface area contributed by atoms with E-state index < -0.39 is 0 Å². The normalized spacial score (nSPS) is 10.6. The molecule has 0 atom stereocenters. The van der Waals surface area contributed by atoms with E-state index in [-0.39, 0.29) is 11.7 Å². The highest BCUT2D eigenvalue weighted by molar-refractivity contribution is 7.99. The predicted octanol–water partition coefficient (Wildman–Crippen LogP) is 3.41. The van der Waals surface area contributed by atoms with Crippen LogP contribution in [-0.2, 0) is 11.3 Å². The number of tetrazole rings is 1. The molecule has 0 aliphatic carbocycles. The third-order valence-corrected chi connectivity index (χ3v) is 4.91. The van der Waals surface area contributed by atoms with Gasteiger partial charge >= 0.3 is 0 Å². The first-order chi connectivity index (χ1) is 12.1. The number of thioether (sulfide) groups is 1. The second kappa shape index (κ2) is 8.13. The summed E-state index contributed by atoms with van der Waals surface area (Å²) in [7, 11) is 0. The second-order valence-electron chi connectivity index (χ2n) is 5.35. The smallest absolute Gasteiger partial charge is 0.234 e. The predicted molar refractivity (Wildman–Crippen MR) is 98.9 cm³/mol. The minimum atomic E-state index is -0.135. The van der Waals surface area contributed by atoms with Crippen molar-refractivity contribution in [3.63, 3.8) is 0 Å². The summed E-state index contributed by atoms with van der Waals surface area (Å²) < 4.78 is 1.68. The molecule has 1 N–H and O–H groups in total. The summed E-state index contributed by atoms with van der Waals surface area (Å²) in [6.07, 6.45) is 0. The molecule has 1 aromatic heterocycles. The molecule has 128 valence electrons. The zero-order chi connectivity index (χ0) is 17.6. The fraction of sp³-hybridized carbons (Fsp3) is 0.176. The van der Waals surface area contributed by atoms with Crippen LogP contribution in [0, 0.1) is 6.92 Å². The molecular weight excluding hydrogens is 358 g/mol. The first kappa shape index (κ1) is 17.4. The Kier molecular flexibility index (Phi) is 5.67. The van der Waals surface area contributed by atoms with Crippen LogP contribution in [0.2, 0.25) is 5.02 Å². The van der Waals surface area contributed by atoms with E-state index in [1.54, 1.807) is 16.8 Å². The quantitative estimate of drug-likeness (QED) is 0.670. The fourth-order valence-electron chi connectivity index (χ4n) is 2.21. The van der Waals surface area contributed by atoms with E-state index in [2.05, 4.69) is 20.8 Å². The number of benzene rings is 2. The van der Waals surface area contributed by atoms with Crippen molar-refractivity contribution in [1.29, 1.82) is 0 Å². The van der Waals surface area contributed by atoms with E-state index in [1.165, 1.54) is 11.8 Å². The maximum absolute atomic E-state index is 12.2. The molecule has 0 bridgehead atoms. The molecular formula is C17H16ClN5OS. The van der Waals surface area contributed by atoms with Crippen LogP contribution in [0.15, 0.2) is 53.7 Å². The molecule has 0 aliphatic rings. The highest BCUT2D eigenvalue weighted by Crippen LogP contribution is 2.23. The van der Waals surface area contributed by atoms with Gasteiger partial charge in [0.15, 0.2) is 0 Å². The first-order valence-corrected chi connectivity index (χ1v) is 8.97. The third-order valence-electron chi connectivity index (χ3n) is 3.55. The number of nitrogens with one attached hydrogen (secondary N) is 1. The average molecular weight is 374 g/mol. The topological polar surface area (TPSA) is 72.7 Å². The fourth-order valence-corrected chi connectivity index (χ4v) is 3.07. The number of aromatic nitrogens is 4. The summed E-state index contributed by atoms with van der Waals surface area (Å²) in [5.74, 6) is 0.0748. The Balaban J connectivity index is 1.60. The minimum Gasteiger partial charge on any atom is -0.325 e. The molecule has 0 spiro atoms. The van der Waals surface area contributed by atoms with Crippen LogP contribution in [-0.4, -0.2) is 31.9 Å². The zero-order valence-corrected chi connectivity index (χ0v) is 15.1. The lowest BCUT2D eigenvalue weighted by molar-refractivity contribution is -0.113. The lowest BCUT2D eigenvalue weighted by Crippen LogP contribution is -2.15. The molecule has 1 heterocycles. The molecule has 0 fully saturated rings. The summed E-state index contributed by atoms with van der Waals surface area (Å²) in [6.45, 7) is 2.43. The first-order valence-electron chi connectivity index (χ1n) is 7.61. The van der Waals surface area contributed by atoms with Gasteiger partial charge in [0.2, 0.25) is 11.1 Å². The maximum atomic E-state index is 12.2. The summed E-state index contributed by atoms with van der Waals surface area (Å²) in [5.41, 5.74) is 2.65. The van der Waals surface area contributed by atoms with Gasteiger partial charge < -0.3 is 5.32 Å². The van der Waals surface area contributed by atoms with Gasteiger partial charge in [0, 0.05) is 10.7 Å². The Labute approximate surface area is 154 Å². The number of halogens is 1. The molecule has 8 heteroatoms. The van der Waals surface area contributed by atoms with Crippen molar-refractivity contribution >= 4 is 35.0 Å². The van der Waals surface area contributed by atoms with E-state index in [9.17, 15) is 4.79 Å². The van der Waals surface area contributed by atoms with E-state index in [4.69, 9.17) is 11.6 Å². The van der Waals surface area contributed by atoms with Gasteiger partial charge in [-0.2, -0.15) is 0 Å². The molecule has 0 radical (unpaired) electrons. The number of carbonyl (C=O) groups excluding carboxylic acids is 1. The molecule has 25 heavy (non-hydrogen) atoms. The second-order valence-corrected chi connectivity index (χ2v) is 6.70. The van der Waals surface area contributed by atoms with Crippen LogP contribution in [0.1, 0.15) is 11.1 Å². The number of anilines is 1. The number of hydrogen-bond acceptors (Lipinski definition) is 5. The van der Waals surface area contributed by atoms with Crippen molar-refractivity contribution in [2.75, 3.05) is 11.1 Å². The summed E-state index contributed by atoms with van der Waals surface area (Å²) >= 11 is 7.36. The van der Waals surface area contributed by atoms with Gasteiger partial charge in [0.05, 0.1) is 12.3 Å². The number of amides is 1. The Hall–Kier alpha value is -2.38. The molecule has 2 aromatic carbocycles. The highest BCUT2D eigenvalue weighted by atomic mass is 35.5. The number of carbonyl (C=O) groups is 1. The number of rotatable bonds is 6. The Morgan fingerprint density at radius 1 is 1.20 bits per heavy atom. The molecule has 3 rings (SSSR count). The Morgan fingerprint density at radius 3 is 2.80 bits per heavy atom. The Bertz CT molecular complexity index is 868. The standard InChI is InChI=1S/C17H16ClN5OS/c1-12-14(18)8-5-9-15(12)19-16(24)11-25-17-20-21-22-23(17)10-13-6-3-2-4-7-13/h2-9H,10-11H2,1H3,(H,19,24). The maximum Gasteiger partial charge on any atom is 0.234 e. The molecule has 6 nitrogen and oxygen atoms in total. The minimum absolute atomic E-state index is 0.135. The van der Waals surface area contributed by atoms with Crippen molar-refractivity contribution in [2.45, 2.75) is 18.6 Å². The SMILES string of the molecule is Cc1c(Cl)cccc1NC(=O)CSc1nnnn1Cc1ccccc1. The van der Waals surface area contributed by atoms with Crippen LogP contribution in [0.3, 0.4) is 0 Å². The van der Waals surface area contributed by atoms with E-state index in [1.807, 2.05) is 43.3 Å². The summed E-state index contributed by atoms with van der Waals surface area (Å²) in [4.78, 5) is 12.2. The molecule has 0 aliphatic heterocycles. The zero-order valence-electron chi connectivity index (χ0n) is 13.5. The monoisotopic (exact) mass is 373 g/mol. The third kappa shape index (κ3) is 4.58. The largest absolute Gasteiger partial charge is 0.325 e. The van der Waals surface area contributed by atoms with Gasteiger partial charge in [-0.25, -0.2) is 4.68 Å². The summed E-state index contributed by atoms with van der Waals surface area (Å²) in [6, 6.07) is 15.3. The lowest BCUT2D eigenvalue weighted by Gasteiger charge is -2.09. The molecule has 0 saturated heterocycles. The van der Waals surface area contributed by atoms with Crippen LogP contribution >= 0.6 is 23.4 Å². The van der Waals surface area contributed by atoms with Gasteiger partial charge in [-0.3, -0.25) is 4.79 Å². The highest BCUT2D eigenvalue weighted by Gasteiger charge is 2.12. The van der Waals surface area contributed by atoms with Gasteiger partial charge in [-0.05, 0) is 40.6 Å². The van der Waals surface area contributed by atoms with Gasteiger partial charge in [-0.1, -0.05) is 59.8 Å². The lowest BCUT2D eigenvalue weighted by atomic mass is 10.2. The van der Waals surface area contributed by atoms with Crippen LogP contribution in [0.4, 0.5) is 5.69 Å². The number of nitrogens with zero attached hydrogens (tertiary/aromatic N) is 4. The Morgan fingerprint density at radius 2 is 2.00 bits per heavy atom. The van der Waals surface area contributed by atoms with E-state index >= 15 is 0 Å². The molecule has 1 amide bonds. The van der Waals surface area contributed by atoms with Crippen molar-refractivity contribution in [3.05, 3.63) is 64.7 Å². The van der Waals surface area contributed by atoms with Gasteiger partial charge in [0.1, 0.15) is 0 Å². The van der Waals surface area contributed by atoms with Crippen LogP contribution in [0.5, 0.6) is 0 Å². The van der Waals surface area contributed by atoms with Crippen molar-refractivity contribution in [2.24, 2.45) is 0 Å². The van der Waals surface area contributed by atoms with Crippen LogP contribution < -0.4 is 5.32 Å². The van der Waals surface area contributed by atoms with Crippen molar-refractivity contribution in [3.8, 4) is 0 Å². The van der Waals surface area contributed by atoms with Gasteiger partial charge in [0.25, 0.3) is 0 Å². The van der Waals surface area contributed by atoms with Crippen LogP contribution in [0.25, 0.3) is 0 Å².